The molecule has 0 unspecified atom stereocenters. The molecule has 0 saturated carbocycles. The topological polar surface area (TPSA) is 0 Å². The summed E-state index contributed by atoms with van der Waals surface area (Å²) in [6.07, 6.45) is 1.21. The molecule has 0 aliphatic carbocycles. The second-order valence-electron chi connectivity index (χ2n) is 1.49. The van der Waals surface area contributed by atoms with E-state index in [9.17, 15) is 0 Å². The zero-order valence-corrected chi connectivity index (χ0v) is 5.89. The molecule has 0 N–H and O–H groups in total. The zero-order chi connectivity index (χ0) is 4.99. The van der Waals surface area contributed by atoms with Crippen molar-refractivity contribution in [2.24, 2.45) is 0 Å². The maximum absolute atomic E-state index is 5.41. The van der Waals surface area contributed by atoms with Crippen LogP contribution in [0.15, 0.2) is 0 Å². The normalized spacial score (nSPS) is 10.0. The highest BCUT2D eigenvalue weighted by molar-refractivity contribution is 7.56. The summed E-state index contributed by atoms with van der Waals surface area (Å²) in [6, 6.07) is 0. The summed E-state index contributed by atoms with van der Waals surface area (Å²) in [6.45, 7) is 4.47. The largest absolute Gasteiger partial charge is 0.126 e. The Labute approximate surface area is 45.6 Å². The smallest absolute Gasteiger partial charge is 0.0262 e. The van der Waals surface area contributed by atoms with Crippen molar-refractivity contribution in [3.63, 3.8) is 0 Å². The lowest BCUT2D eigenvalue weighted by molar-refractivity contribution is 1.51. The Morgan fingerprint density at radius 2 is 2.00 bits per heavy atom. The maximum atomic E-state index is 5.41. The van der Waals surface area contributed by atoms with Crippen molar-refractivity contribution >= 4 is 19.5 Å². The summed E-state index contributed by atoms with van der Waals surface area (Å²) in [5, 5.41) is 0. The van der Waals surface area contributed by atoms with E-state index in [4.69, 9.17) is 11.6 Å². The number of halogens is 1. The highest BCUT2D eigenvalue weighted by Gasteiger charge is 1.85. The van der Waals surface area contributed by atoms with E-state index >= 15 is 0 Å². The Bertz CT molecular complexity index is 28.7. The van der Waals surface area contributed by atoms with Crippen LogP contribution in [0.2, 0.25) is 0 Å². The van der Waals surface area contributed by atoms with Gasteiger partial charge in [-0.1, -0.05) is 0 Å². The minimum atomic E-state index is 0.267. The van der Waals surface area contributed by atoms with Crippen molar-refractivity contribution in [3.8, 4) is 0 Å². The van der Waals surface area contributed by atoms with Gasteiger partial charge in [0.25, 0.3) is 0 Å². The molecule has 0 spiro atoms. The average molecular weight is 125 g/mol. The number of rotatable bonds is 2. The van der Waals surface area contributed by atoms with Gasteiger partial charge in [-0.3, -0.25) is 0 Å². The van der Waals surface area contributed by atoms with Gasteiger partial charge in [0.1, 0.15) is 0 Å². The van der Waals surface area contributed by atoms with E-state index in [1.54, 1.807) is 0 Å². The van der Waals surface area contributed by atoms with Crippen molar-refractivity contribution in [2.45, 2.75) is 0 Å². The van der Waals surface area contributed by atoms with Crippen LogP contribution in [0.25, 0.3) is 0 Å². The third kappa shape index (κ3) is 4.72. The molecule has 0 amide bonds. The first-order chi connectivity index (χ1) is 2.77. The molecule has 0 nitrogen and oxygen atoms in total. The molecule has 0 rings (SSSR count). The van der Waals surface area contributed by atoms with E-state index in [-0.39, 0.29) is 7.92 Å². The van der Waals surface area contributed by atoms with Crippen LogP contribution < -0.4 is 0 Å². The molecule has 6 heavy (non-hydrogen) atoms. The average Bonchev–Trinajstić information content (AvgIpc) is 1.35. The molecular formula is C4H10ClP. The molecule has 2 heteroatoms. The highest BCUT2D eigenvalue weighted by atomic mass is 35.5. The van der Waals surface area contributed by atoms with Gasteiger partial charge in [0.2, 0.25) is 0 Å². The van der Waals surface area contributed by atoms with Gasteiger partial charge in [-0.15, -0.1) is 19.5 Å². The van der Waals surface area contributed by atoms with E-state index in [2.05, 4.69) is 13.3 Å². The fourth-order valence-electron chi connectivity index (χ4n) is 0.169. The van der Waals surface area contributed by atoms with Crippen LogP contribution in [0.5, 0.6) is 0 Å². The summed E-state index contributed by atoms with van der Waals surface area (Å²) >= 11 is 5.41. The first-order valence-corrected chi connectivity index (χ1v) is 4.93. The Morgan fingerprint density at radius 1 is 1.50 bits per heavy atom. The zero-order valence-electron chi connectivity index (χ0n) is 4.24. The van der Waals surface area contributed by atoms with Crippen LogP contribution in [-0.4, -0.2) is 25.4 Å². The lowest BCUT2D eigenvalue weighted by Gasteiger charge is -1.96. The van der Waals surface area contributed by atoms with Crippen LogP contribution in [0.3, 0.4) is 0 Å². The lowest BCUT2D eigenvalue weighted by Crippen LogP contribution is -1.78. The van der Waals surface area contributed by atoms with E-state index in [0.717, 1.165) is 5.88 Å². The molecule has 0 fully saturated rings. The molecule has 0 bridgehead atoms. The van der Waals surface area contributed by atoms with E-state index < -0.39 is 0 Å². The minimum absolute atomic E-state index is 0.267. The summed E-state index contributed by atoms with van der Waals surface area (Å²) in [5.41, 5.74) is 0. The Hall–Kier alpha value is 0.720. The number of alkyl halides is 1. The quantitative estimate of drug-likeness (QED) is 0.390. The van der Waals surface area contributed by atoms with E-state index in [1.807, 2.05) is 0 Å². The molecule has 0 radical (unpaired) electrons. The molecule has 0 heterocycles. The SMILES string of the molecule is CP(C)CCCl. The molecule has 0 aromatic carbocycles. The van der Waals surface area contributed by atoms with Gasteiger partial charge in [0.05, 0.1) is 0 Å². The molecule has 0 atom stereocenters. The molecule has 0 saturated heterocycles. The Kier molecular flexibility index (Phi) is 4.36. The summed E-state index contributed by atoms with van der Waals surface area (Å²) in [4.78, 5) is 0. The van der Waals surface area contributed by atoms with E-state index in [0.29, 0.717) is 0 Å². The summed E-state index contributed by atoms with van der Waals surface area (Å²) < 4.78 is 0. The van der Waals surface area contributed by atoms with Crippen molar-refractivity contribution in [1.82, 2.24) is 0 Å². The van der Waals surface area contributed by atoms with Crippen LogP contribution in [0.4, 0.5) is 0 Å². The highest BCUT2D eigenvalue weighted by Crippen LogP contribution is 2.22. The van der Waals surface area contributed by atoms with E-state index in [1.165, 1.54) is 6.16 Å². The Balaban J connectivity index is 2.63. The maximum Gasteiger partial charge on any atom is 0.0262 e. The molecule has 0 aliphatic heterocycles. The minimum Gasteiger partial charge on any atom is -0.126 e. The van der Waals surface area contributed by atoms with Crippen molar-refractivity contribution in [3.05, 3.63) is 0 Å². The molecule has 38 valence electrons. The standard InChI is InChI=1S/C4H10ClP/c1-6(2)4-3-5/h3-4H2,1-2H3. The van der Waals surface area contributed by atoms with Gasteiger partial charge in [-0.05, 0) is 19.5 Å². The van der Waals surface area contributed by atoms with Gasteiger partial charge < -0.3 is 0 Å². The van der Waals surface area contributed by atoms with Gasteiger partial charge in [0, 0.05) is 5.88 Å². The summed E-state index contributed by atoms with van der Waals surface area (Å²) in [7, 11) is 0.267. The Morgan fingerprint density at radius 3 is 2.00 bits per heavy atom. The third-order valence-corrected chi connectivity index (χ3v) is 2.10. The monoisotopic (exact) mass is 124 g/mol. The summed E-state index contributed by atoms with van der Waals surface area (Å²) in [5.74, 6) is 0.832. The molecule has 0 aromatic heterocycles. The number of hydrogen-bond donors (Lipinski definition) is 0. The van der Waals surface area contributed by atoms with Gasteiger partial charge in [-0.2, -0.15) is 0 Å². The molecular weight excluding hydrogens is 114 g/mol. The second kappa shape index (κ2) is 3.89. The van der Waals surface area contributed by atoms with Crippen molar-refractivity contribution < 1.29 is 0 Å². The first kappa shape index (κ1) is 6.72. The van der Waals surface area contributed by atoms with Crippen LogP contribution >= 0.6 is 19.5 Å². The second-order valence-corrected chi connectivity index (χ2v) is 4.48. The van der Waals surface area contributed by atoms with Crippen LogP contribution in [-0.2, 0) is 0 Å². The molecule has 0 aromatic rings. The molecule has 0 aliphatic rings. The van der Waals surface area contributed by atoms with Gasteiger partial charge >= 0.3 is 0 Å². The first-order valence-electron chi connectivity index (χ1n) is 1.98. The van der Waals surface area contributed by atoms with Crippen LogP contribution in [0.1, 0.15) is 0 Å². The fourth-order valence-corrected chi connectivity index (χ4v) is 1.52. The fraction of sp³-hybridized carbons (Fsp3) is 1.00. The van der Waals surface area contributed by atoms with Gasteiger partial charge in [0.15, 0.2) is 0 Å². The lowest BCUT2D eigenvalue weighted by atomic mass is 11.0. The predicted molar refractivity (Wildman–Crippen MR) is 34.4 cm³/mol. The number of hydrogen-bond acceptors (Lipinski definition) is 0. The van der Waals surface area contributed by atoms with Crippen molar-refractivity contribution in [2.75, 3.05) is 25.4 Å². The van der Waals surface area contributed by atoms with Crippen molar-refractivity contribution in [1.29, 1.82) is 0 Å². The third-order valence-electron chi connectivity index (χ3n) is 0.532. The van der Waals surface area contributed by atoms with Crippen LogP contribution in [0, 0.1) is 0 Å². The predicted octanol–water partition coefficient (Wildman–Crippen LogP) is 1.97. The van der Waals surface area contributed by atoms with Gasteiger partial charge in [-0.25, -0.2) is 0 Å².